The molecule has 0 unspecified atom stereocenters. The molecule has 0 saturated heterocycles. The van der Waals surface area contributed by atoms with Gasteiger partial charge in [-0.05, 0) is 11.6 Å². The molecule has 2 aromatic rings. The molecule has 0 bridgehead atoms. The minimum atomic E-state index is 0.243. The third-order valence-corrected chi connectivity index (χ3v) is 2.65. The molecule has 0 radical (unpaired) electrons. The summed E-state index contributed by atoms with van der Waals surface area (Å²) in [5.74, 6) is 0.363. The summed E-state index contributed by atoms with van der Waals surface area (Å²) in [7, 11) is 0. The standard InChI is InChI=1S/C11H9ClN4/c12-9-4-2-1-3-8(9)6-16-7-15-10(5-13)11(16)14/h1-4,7H,6,14H2. The van der Waals surface area contributed by atoms with Gasteiger partial charge in [0, 0.05) is 5.02 Å². The van der Waals surface area contributed by atoms with E-state index in [-0.39, 0.29) is 5.69 Å². The second kappa shape index (κ2) is 4.25. The van der Waals surface area contributed by atoms with Gasteiger partial charge in [0.15, 0.2) is 5.69 Å². The van der Waals surface area contributed by atoms with Crippen LogP contribution < -0.4 is 5.73 Å². The molecule has 1 heterocycles. The van der Waals surface area contributed by atoms with E-state index < -0.39 is 0 Å². The van der Waals surface area contributed by atoms with Crippen LogP contribution in [-0.4, -0.2) is 9.55 Å². The molecule has 0 spiro atoms. The third kappa shape index (κ3) is 1.86. The Morgan fingerprint density at radius 3 is 2.81 bits per heavy atom. The Morgan fingerprint density at radius 2 is 2.19 bits per heavy atom. The molecule has 4 nitrogen and oxygen atoms in total. The van der Waals surface area contributed by atoms with Gasteiger partial charge >= 0.3 is 0 Å². The highest BCUT2D eigenvalue weighted by Gasteiger charge is 2.08. The summed E-state index contributed by atoms with van der Waals surface area (Å²) in [6.45, 7) is 0.514. The fraction of sp³-hybridized carbons (Fsp3) is 0.0909. The number of anilines is 1. The van der Waals surface area contributed by atoms with Crippen LogP contribution in [0.3, 0.4) is 0 Å². The minimum Gasteiger partial charge on any atom is -0.383 e. The average molecular weight is 233 g/mol. The predicted octanol–water partition coefficient (Wildman–Crippen LogP) is 2.04. The van der Waals surface area contributed by atoms with E-state index in [9.17, 15) is 0 Å². The van der Waals surface area contributed by atoms with Crippen molar-refractivity contribution in [2.45, 2.75) is 6.54 Å². The van der Waals surface area contributed by atoms with E-state index in [0.717, 1.165) is 5.56 Å². The second-order valence-corrected chi connectivity index (χ2v) is 3.72. The normalized spacial score (nSPS) is 10.0. The van der Waals surface area contributed by atoms with Gasteiger partial charge in [0.05, 0.1) is 12.9 Å². The highest BCUT2D eigenvalue weighted by Crippen LogP contribution is 2.18. The Labute approximate surface area is 97.9 Å². The fourth-order valence-corrected chi connectivity index (χ4v) is 1.61. The second-order valence-electron chi connectivity index (χ2n) is 3.31. The molecule has 1 aromatic heterocycles. The molecule has 5 heteroatoms. The fourth-order valence-electron chi connectivity index (χ4n) is 1.41. The summed E-state index contributed by atoms with van der Waals surface area (Å²) in [6.07, 6.45) is 1.54. The molecule has 0 aliphatic heterocycles. The lowest BCUT2D eigenvalue weighted by Crippen LogP contribution is -2.04. The smallest absolute Gasteiger partial charge is 0.182 e. The van der Waals surface area contributed by atoms with Crippen LogP contribution in [0.25, 0.3) is 0 Å². The average Bonchev–Trinajstić information content (AvgIpc) is 2.63. The first-order valence-electron chi connectivity index (χ1n) is 4.66. The van der Waals surface area contributed by atoms with Crippen LogP contribution in [0.5, 0.6) is 0 Å². The SMILES string of the molecule is N#Cc1ncn(Cc2ccccc2Cl)c1N. The van der Waals surface area contributed by atoms with Crippen LogP contribution in [0.15, 0.2) is 30.6 Å². The van der Waals surface area contributed by atoms with Gasteiger partial charge < -0.3 is 10.3 Å². The van der Waals surface area contributed by atoms with E-state index in [1.165, 1.54) is 6.33 Å². The zero-order valence-corrected chi connectivity index (χ0v) is 9.15. The summed E-state index contributed by atoms with van der Waals surface area (Å²) >= 11 is 6.03. The zero-order chi connectivity index (χ0) is 11.5. The van der Waals surface area contributed by atoms with Crippen molar-refractivity contribution < 1.29 is 0 Å². The summed E-state index contributed by atoms with van der Waals surface area (Å²) in [4.78, 5) is 3.89. The van der Waals surface area contributed by atoms with Crippen molar-refractivity contribution in [2.24, 2.45) is 0 Å². The molecule has 0 saturated carbocycles. The Kier molecular flexibility index (Phi) is 2.80. The lowest BCUT2D eigenvalue weighted by molar-refractivity contribution is 0.808. The first kappa shape index (κ1) is 10.5. The van der Waals surface area contributed by atoms with Crippen molar-refractivity contribution in [3.8, 4) is 6.07 Å². The quantitative estimate of drug-likeness (QED) is 0.862. The lowest BCUT2D eigenvalue weighted by Gasteiger charge is -2.06. The summed E-state index contributed by atoms with van der Waals surface area (Å²) in [5.41, 5.74) is 6.93. The minimum absolute atomic E-state index is 0.243. The molecule has 2 rings (SSSR count). The first-order chi connectivity index (χ1) is 7.72. The molecule has 0 fully saturated rings. The Morgan fingerprint density at radius 1 is 1.44 bits per heavy atom. The van der Waals surface area contributed by atoms with Gasteiger partial charge in [-0.2, -0.15) is 5.26 Å². The summed E-state index contributed by atoms with van der Waals surface area (Å²) in [6, 6.07) is 9.42. The lowest BCUT2D eigenvalue weighted by atomic mass is 10.2. The maximum atomic E-state index is 8.72. The van der Waals surface area contributed by atoms with Gasteiger partial charge in [-0.25, -0.2) is 4.98 Å². The molecule has 0 aliphatic rings. The zero-order valence-electron chi connectivity index (χ0n) is 8.39. The van der Waals surface area contributed by atoms with Crippen LogP contribution in [-0.2, 0) is 6.54 Å². The van der Waals surface area contributed by atoms with E-state index in [4.69, 9.17) is 22.6 Å². The molecule has 2 N–H and O–H groups in total. The van der Waals surface area contributed by atoms with Gasteiger partial charge in [0.25, 0.3) is 0 Å². The molecular weight excluding hydrogens is 224 g/mol. The highest BCUT2D eigenvalue weighted by atomic mass is 35.5. The number of nitrogen functional groups attached to an aromatic ring is 1. The van der Waals surface area contributed by atoms with E-state index in [1.807, 2.05) is 30.3 Å². The van der Waals surface area contributed by atoms with Crippen molar-refractivity contribution >= 4 is 17.4 Å². The number of benzene rings is 1. The number of rotatable bonds is 2. The largest absolute Gasteiger partial charge is 0.383 e. The van der Waals surface area contributed by atoms with E-state index in [1.54, 1.807) is 4.57 Å². The Balaban J connectivity index is 2.32. The first-order valence-corrected chi connectivity index (χ1v) is 5.04. The highest BCUT2D eigenvalue weighted by molar-refractivity contribution is 6.31. The van der Waals surface area contributed by atoms with Crippen LogP contribution in [0.4, 0.5) is 5.82 Å². The summed E-state index contributed by atoms with van der Waals surface area (Å²) < 4.78 is 1.69. The molecule has 80 valence electrons. The monoisotopic (exact) mass is 232 g/mol. The number of aromatic nitrogens is 2. The number of nitrogens with zero attached hydrogens (tertiary/aromatic N) is 3. The number of nitriles is 1. The molecule has 0 aliphatic carbocycles. The Hall–Kier alpha value is -1.99. The van der Waals surface area contributed by atoms with Crippen LogP contribution in [0, 0.1) is 11.3 Å². The van der Waals surface area contributed by atoms with Gasteiger partial charge in [-0.15, -0.1) is 0 Å². The van der Waals surface area contributed by atoms with Crippen molar-refractivity contribution in [2.75, 3.05) is 5.73 Å². The number of hydrogen-bond donors (Lipinski definition) is 1. The van der Waals surface area contributed by atoms with Crippen molar-refractivity contribution in [3.05, 3.63) is 46.9 Å². The van der Waals surface area contributed by atoms with Gasteiger partial charge in [-0.3, -0.25) is 0 Å². The molecule has 16 heavy (non-hydrogen) atoms. The van der Waals surface area contributed by atoms with E-state index >= 15 is 0 Å². The van der Waals surface area contributed by atoms with Crippen molar-refractivity contribution in [3.63, 3.8) is 0 Å². The number of nitrogens with two attached hydrogens (primary N) is 1. The molecular formula is C11H9ClN4. The van der Waals surface area contributed by atoms with Crippen LogP contribution >= 0.6 is 11.6 Å². The number of imidazole rings is 1. The van der Waals surface area contributed by atoms with Crippen LogP contribution in [0.2, 0.25) is 5.02 Å². The predicted molar refractivity (Wildman–Crippen MR) is 61.9 cm³/mol. The molecule has 0 amide bonds. The summed E-state index contributed by atoms with van der Waals surface area (Å²) in [5, 5.41) is 9.40. The Bertz CT molecular complexity index is 553. The van der Waals surface area contributed by atoms with E-state index in [0.29, 0.717) is 17.4 Å². The molecule has 1 aromatic carbocycles. The number of hydrogen-bond acceptors (Lipinski definition) is 3. The van der Waals surface area contributed by atoms with Crippen LogP contribution in [0.1, 0.15) is 11.3 Å². The maximum absolute atomic E-state index is 8.72. The number of halogens is 1. The van der Waals surface area contributed by atoms with Gasteiger partial charge in [0.2, 0.25) is 0 Å². The van der Waals surface area contributed by atoms with E-state index in [2.05, 4.69) is 4.98 Å². The van der Waals surface area contributed by atoms with Gasteiger partial charge in [-0.1, -0.05) is 29.8 Å². The molecule has 0 atom stereocenters. The van der Waals surface area contributed by atoms with Crippen molar-refractivity contribution in [1.29, 1.82) is 5.26 Å². The van der Waals surface area contributed by atoms with Gasteiger partial charge in [0.1, 0.15) is 11.9 Å². The maximum Gasteiger partial charge on any atom is 0.182 e. The third-order valence-electron chi connectivity index (χ3n) is 2.28. The topological polar surface area (TPSA) is 67.6 Å². The van der Waals surface area contributed by atoms with Crippen molar-refractivity contribution in [1.82, 2.24) is 9.55 Å².